The molecule has 1 saturated heterocycles. The number of piperidine rings is 1. The smallest absolute Gasteiger partial charge is 0.292 e. The molecule has 2 rings (SSSR count). The molecule has 0 radical (unpaired) electrons. The van der Waals surface area contributed by atoms with E-state index in [4.69, 9.17) is 10.5 Å². The van der Waals surface area contributed by atoms with Crippen molar-refractivity contribution in [3.05, 3.63) is 33.4 Å². The van der Waals surface area contributed by atoms with Crippen LogP contribution < -0.4 is 5.73 Å². The summed E-state index contributed by atoms with van der Waals surface area (Å²) >= 11 is 0. The highest BCUT2D eigenvalue weighted by Crippen LogP contribution is 2.34. The van der Waals surface area contributed by atoms with Gasteiger partial charge in [0.2, 0.25) is 10.0 Å². The number of hydrogen-bond acceptors (Lipinski definition) is 6. The highest BCUT2D eigenvalue weighted by molar-refractivity contribution is 7.89. The molecule has 0 aliphatic carbocycles. The van der Waals surface area contributed by atoms with E-state index in [1.54, 1.807) is 26.0 Å². The average Bonchev–Trinajstić information content (AvgIpc) is 2.57. The van der Waals surface area contributed by atoms with Crippen molar-refractivity contribution < 1.29 is 18.1 Å². The number of nitro benzene ring substituents is 1. The summed E-state index contributed by atoms with van der Waals surface area (Å²) in [6.45, 7) is 4.84. The number of nitrogens with two attached hydrogens (primary N) is 1. The third kappa shape index (κ3) is 4.35. The Morgan fingerprint density at radius 3 is 2.44 bits per heavy atom. The molecular formula is C16H25N3O5S. The standard InChI is InChI=1S/C16H25N3O5S/c1-12-4-5-13(2)16(15(12)19(20)21)25(22,23)18-9-6-14(7-10-18)24-11-3-8-17/h4-5,14H,3,6-11,17H2,1-2H3. The van der Waals surface area contributed by atoms with Crippen molar-refractivity contribution in [1.29, 1.82) is 0 Å². The minimum atomic E-state index is -3.92. The van der Waals surface area contributed by atoms with Gasteiger partial charge in [-0.2, -0.15) is 4.31 Å². The second-order valence-electron chi connectivity index (χ2n) is 6.25. The van der Waals surface area contributed by atoms with Crippen molar-refractivity contribution in [3.63, 3.8) is 0 Å². The number of nitro groups is 1. The van der Waals surface area contributed by atoms with Crippen LogP contribution >= 0.6 is 0 Å². The summed E-state index contributed by atoms with van der Waals surface area (Å²) in [7, 11) is -3.92. The van der Waals surface area contributed by atoms with Gasteiger partial charge in [-0.25, -0.2) is 8.42 Å². The molecule has 8 nitrogen and oxygen atoms in total. The summed E-state index contributed by atoms with van der Waals surface area (Å²) in [5.74, 6) is 0. The van der Waals surface area contributed by atoms with Crippen LogP contribution in [0.5, 0.6) is 0 Å². The summed E-state index contributed by atoms with van der Waals surface area (Å²) in [5, 5.41) is 11.4. The lowest BCUT2D eigenvalue weighted by Gasteiger charge is -2.31. The molecule has 0 atom stereocenters. The highest BCUT2D eigenvalue weighted by atomic mass is 32.2. The molecule has 1 aromatic rings. The van der Waals surface area contributed by atoms with Gasteiger partial charge in [-0.3, -0.25) is 10.1 Å². The van der Waals surface area contributed by atoms with Crippen LogP contribution in [0.15, 0.2) is 17.0 Å². The third-order valence-corrected chi connectivity index (χ3v) is 6.49. The van der Waals surface area contributed by atoms with Gasteiger partial charge >= 0.3 is 0 Å². The Kier molecular flexibility index (Phi) is 6.50. The first-order valence-corrected chi connectivity index (χ1v) is 9.79. The Morgan fingerprint density at radius 2 is 1.88 bits per heavy atom. The molecule has 0 unspecified atom stereocenters. The maximum atomic E-state index is 13.0. The molecule has 1 aliphatic heterocycles. The van der Waals surface area contributed by atoms with E-state index in [0.29, 0.717) is 50.2 Å². The molecule has 1 fully saturated rings. The molecule has 1 heterocycles. The monoisotopic (exact) mass is 371 g/mol. The molecule has 140 valence electrons. The first-order valence-electron chi connectivity index (χ1n) is 8.35. The lowest BCUT2D eigenvalue weighted by atomic mass is 10.1. The van der Waals surface area contributed by atoms with Gasteiger partial charge in [0.1, 0.15) is 0 Å². The van der Waals surface area contributed by atoms with E-state index in [9.17, 15) is 18.5 Å². The molecule has 2 N–H and O–H groups in total. The summed E-state index contributed by atoms with van der Waals surface area (Å²) in [6.07, 6.45) is 1.92. The lowest BCUT2D eigenvalue weighted by Crippen LogP contribution is -2.41. The quantitative estimate of drug-likeness (QED) is 0.443. The normalized spacial score (nSPS) is 16.9. The third-order valence-electron chi connectivity index (χ3n) is 4.41. The minimum absolute atomic E-state index is 0.00610. The van der Waals surface area contributed by atoms with Gasteiger partial charge in [-0.05, 0) is 45.2 Å². The number of hydrogen-bond donors (Lipinski definition) is 1. The van der Waals surface area contributed by atoms with Crippen molar-refractivity contribution in [3.8, 4) is 0 Å². The van der Waals surface area contributed by atoms with Gasteiger partial charge in [0.15, 0.2) is 4.90 Å². The van der Waals surface area contributed by atoms with E-state index >= 15 is 0 Å². The van der Waals surface area contributed by atoms with Gasteiger partial charge in [0.25, 0.3) is 5.69 Å². The van der Waals surface area contributed by atoms with Crippen LogP contribution in [0.3, 0.4) is 0 Å². The average molecular weight is 371 g/mol. The number of ether oxygens (including phenoxy) is 1. The van der Waals surface area contributed by atoms with Crippen molar-refractivity contribution in [2.24, 2.45) is 5.73 Å². The topological polar surface area (TPSA) is 116 Å². The summed E-state index contributed by atoms with van der Waals surface area (Å²) < 4.78 is 33.0. The van der Waals surface area contributed by atoms with Crippen LogP contribution in [0.4, 0.5) is 5.69 Å². The number of benzene rings is 1. The molecule has 0 amide bonds. The first-order chi connectivity index (χ1) is 11.8. The molecule has 9 heteroatoms. The zero-order valence-corrected chi connectivity index (χ0v) is 15.4. The van der Waals surface area contributed by atoms with E-state index < -0.39 is 14.9 Å². The van der Waals surface area contributed by atoms with Gasteiger partial charge in [-0.1, -0.05) is 12.1 Å². The molecule has 0 spiro atoms. The van der Waals surface area contributed by atoms with E-state index in [0.717, 1.165) is 6.42 Å². The zero-order chi connectivity index (χ0) is 18.6. The number of sulfonamides is 1. The van der Waals surface area contributed by atoms with Gasteiger partial charge in [-0.15, -0.1) is 0 Å². The largest absolute Gasteiger partial charge is 0.378 e. The summed E-state index contributed by atoms with van der Waals surface area (Å²) in [5.41, 5.74) is 5.83. The molecule has 0 bridgehead atoms. The first kappa shape index (κ1) is 19.8. The highest BCUT2D eigenvalue weighted by Gasteiger charge is 2.36. The van der Waals surface area contributed by atoms with Gasteiger partial charge in [0.05, 0.1) is 11.0 Å². The lowest BCUT2D eigenvalue weighted by molar-refractivity contribution is -0.388. The Morgan fingerprint density at radius 1 is 1.28 bits per heavy atom. The molecule has 1 aliphatic rings. The molecule has 0 aromatic heterocycles. The molecule has 25 heavy (non-hydrogen) atoms. The summed E-state index contributed by atoms with van der Waals surface area (Å²) in [6, 6.07) is 3.18. The van der Waals surface area contributed by atoms with Crippen LogP contribution in [0.25, 0.3) is 0 Å². The van der Waals surface area contributed by atoms with Crippen LogP contribution in [-0.4, -0.2) is 50.0 Å². The fourth-order valence-electron chi connectivity index (χ4n) is 3.02. The van der Waals surface area contributed by atoms with Crippen LogP contribution in [0, 0.1) is 24.0 Å². The minimum Gasteiger partial charge on any atom is -0.378 e. The van der Waals surface area contributed by atoms with Crippen molar-refractivity contribution in [2.45, 2.75) is 44.1 Å². The predicted molar refractivity (Wildman–Crippen MR) is 94.0 cm³/mol. The van der Waals surface area contributed by atoms with Crippen LogP contribution in [0.2, 0.25) is 0 Å². The fraction of sp³-hybridized carbons (Fsp3) is 0.625. The number of nitrogens with zero attached hydrogens (tertiary/aromatic N) is 2. The number of rotatable bonds is 7. The predicted octanol–water partition coefficient (Wildman–Crippen LogP) is 1.73. The maximum absolute atomic E-state index is 13.0. The van der Waals surface area contributed by atoms with Crippen molar-refractivity contribution in [2.75, 3.05) is 26.2 Å². The van der Waals surface area contributed by atoms with Crippen molar-refractivity contribution in [1.82, 2.24) is 4.31 Å². The van der Waals surface area contributed by atoms with E-state index in [2.05, 4.69) is 0 Å². The number of aryl methyl sites for hydroxylation is 2. The SMILES string of the molecule is Cc1ccc(C)c(S(=O)(=O)N2CCC(OCCCN)CC2)c1[N+](=O)[O-]. The van der Waals surface area contributed by atoms with Gasteiger partial charge < -0.3 is 10.5 Å². The van der Waals surface area contributed by atoms with E-state index in [-0.39, 0.29) is 16.7 Å². The van der Waals surface area contributed by atoms with Crippen LogP contribution in [-0.2, 0) is 14.8 Å². The zero-order valence-electron chi connectivity index (χ0n) is 14.6. The Balaban J connectivity index is 2.21. The van der Waals surface area contributed by atoms with Gasteiger partial charge in [0, 0.05) is 25.3 Å². The second kappa shape index (κ2) is 8.22. The fourth-order valence-corrected chi connectivity index (χ4v) is 4.93. The molecule has 0 saturated carbocycles. The van der Waals surface area contributed by atoms with Crippen LogP contribution in [0.1, 0.15) is 30.4 Å². The Bertz CT molecular complexity index is 728. The van der Waals surface area contributed by atoms with Crippen molar-refractivity contribution >= 4 is 15.7 Å². The maximum Gasteiger partial charge on any atom is 0.292 e. The molecule has 1 aromatic carbocycles. The summed E-state index contributed by atoms with van der Waals surface area (Å²) in [4.78, 5) is 10.6. The van der Waals surface area contributed by atoms with E-state index in [1.165, 1.54) is 4.31 Å². The molecular weight excluding hydrogens is 346 g/mol. The van der Waals surface area contributed by atoms with E-state index in [1.807, 2.05) is 0 Å². The Labute approximate surface area is 148 Å². The second-order valence-corrected chi connectivity index (χ2v) is 8.13. The Hall–Kier alpha value is -1.55.